The highest BCUT2D eigenvalue weighted by molar-refractivity contribution is 7.91. The molecule has 1 N–H and O–H groups in total. The Balaban J connectivity index is 1.99. The van der Waals surface area contributed by atoms with Crippen LogP contribution in [0, 0.1) is 5.82 Å². The number of halogens is 1. The van der Waals surface area contributed by atoms with Crippen LogP contribution in [0.3, 0.4) is 0 Å². The molecule has 1 saturated heterocycles. The van der Waals surface area contributed by atoms with Gasteiger partial charge in [0.15, 0.2) is 9.84 Å². The lowest BCUT2D eigenvalue weighted by Gasteiger charge is -2.21. The lowest BCUT2D eigenvalue weighted by Crippen LogP contribution is -2.39. The highest BCUT2D eigenvalue weighted by Gasteiger charge is 2.27. The van der Waals surface area contributed by atoms with E-state index in [9.17, 15) is 12.8 Å². The highest BCUT2D eigenvalue weighted by Crippen LogP contribution is 2.19. The fourth-order valence-electron chi connectivity index (χ4n) is 2.12. The van der Waals surface area contributed by atoms with E-state index in [-0.39, 0.29) is 23.4 Å². The third-order valence-corrected chi connectivity index (χ3v) is 4.69. The number of hydrogen-bond acceptors (Lipinski definition) is 4. The lowest BCUT2D eigenvalue weighted by atomic mass is 10.2. The second-order valence-corrected chi connectivity index (χ2v) is 6.63. The Hall–Kier alpha value is -1.47. The molecule has 0 radical (unpaired) electrons. The van der Waals surface area contributed by atoms with Gasteiger partial charge in [0, 0.05) is 25.0 Å². The van der Waals surface area contributed by atoms with Gasteiger partial charge >= 0.3 is 0 Å². The number of nitrogens with zero attached hydrogens (tertiary/aromatic N) is 2. The summed E-state index contributed by atoms with van der Waals surface area (Å²) in [4.78, 5) is 4.26. The molecular formula is C11H12FN3O2S. The Labute approximate surface area is 104 Å². The third-order valence-electron chi connectivity index (χ3n) is 3.02. The van der Waals surface area contributed by atoms with Crippen molar-refractivity contribution in [2.24, 2.45) is 0 Å². The quantitative estimate of drug-likeness (QED) is 0.820. The Bertz CT molecular complexity index is 695. The summed E-state index contributed by atoms with van der Waals surface area (Å²) in [7, 11) is -3.01. The van der Waals surface area contributed by atoms with Gasteiger partial charge in [-0.25, -0.2) is 17.8 Å². The predicted molar refractivity (Wildman–Crippen MR) is 64.5 cm³/mol. The van der Waals surface area contributed by atoms with E-state index in [1.807, 2.05) is 0 Å². The Morgan fingerprint density at radius 2 is 2.33 bits per heavy atom. The van der Waals surface area contributed by atoms with Crippen LogP contribution in [0.2, 0.25) is 0 Å². The minimum Gasteiger partial charge on any atom is -0.307 e. The fraction of sp³-hybridized carbons (Fsp3) is 0.364. The zero-order chi connectivity index (χ0) is 12.8. The molecule has 2 aromatic heterocycles. The Morgan fingerprint density at radius 1 is 1.50 bits per heavy atom. The molecular weight excluding hydrogens is 257 g/mol. The molecule has 0 saturated carbocycles. The number of aromatic nitrogens is 2. The molecule has 1 unspecified atom stereocenters. The number of imidazole rings is 1. The van der Waals surface area contributed by atoms with E-state index in [1.165, 1.54) is 12.1 Å². The van der Waals surface area contributed by atoms with Gasteiger partial charge in [0.2, 0.25) is 0 Å². The van der Waals surface area contributed by atoms with Crippen LogP contribution in [-0.4, -0.2) is 35.9 Å². The molecule has 1 fully saturated rings. The summed E-state index contributed by atoms with van der Waals surface area (Å²) in [5.74, 6) is -0.158. The maximum Gasteiger partial charge on any atom is 0.153 e. The summed E-state index contributed by atoms with van der Waals surface area (Å²) in [6, 6.07) is 2.34. The molecule has 96 valence electrons. The summed E-state index contributed by atoms with van der Waals surface area (Å²) >= 11 is 0. The van der Waals surface area contributed by atoms with Crippen molar-refractivity contribution >= 4 is 15.5 Å². The maximum absolute atomic E-state index is 13.0. The topological polar surface area (TPSA) is 63.5 Å². The molecule has 0 aliphatic carbocycles. The Morgan fingerprint density at radius 3 is 3.11 bits per heavy atom. The number of fused-ring (bicyclic) bond motifs is 1. The molecule has 0 spiro atoms. The van der Waals surface area contributed by atoms with Crippen LogP contribution in [0.1, 0.15) is 11.7 Å². The Kier molecular flexibility index (Phi) is 2.60. The van der Waals surface area contributed by atoms with Gasteiger partial charge < -0.3 is 9.72 Å². The second-order valence-electron chi connectivity index (χ2n) is 4.40. The smallest absolute Gasteiger partial charge is 0.153 e. The van der Waals surface area contributed by atoms with Crippen LogP contribution in [0.5, 0.6) is 0 Å². The first-order chi connectivity index (χ1) is 8.53. The monoisotopic (exact) mass is 269 g/mol. The largest absolute Gasteiger partial charge is 0.307 e. The SMILES string of the molecule is O=S1(=O)CCNC(c2cn3ccc(F)cc3n2)C1. The van der Waals surface area contributed by atoms with Crippen molar-refractivity contribution < 1.29 is 12.8 Å². The normalized spacial score (nSPS) is 23.3. The average molecular weight is 269 g/mol. The van der Waals surface area contributed by atoms with E-state index in [4.69, 9.17) is 0 Å². The molecule has 7 heteroatoms. The number of sulfone groups is 1. The molecule has 3 rings (SSSR count). The average Bonchev–Trinajstić information content (AvgIpc) is 2.70. The van der Waals surface area contributed by atoms with E-state index < -0.39 is 9.84 Å². The minimum atomic E-state index is -3.01. The van der Waals surface area contributed by atoms with Gasteiger partial charge in [0.1, 0.15) is 11.5 Å². The van der Waals surface area contributed by atoms with Crippen LogP contribution >= 0.6 is 0 Å². The maximum atomic E-state index is 13.0. The van der Waals surface area contributed by atoms with Crippen molar-refractivity contribution in [3.05, 3.63) is 36.0 Å². The molecule has 1 aliphatic rings. The molecule has 5 nitrogen and oxygen atoms in total. The van der Waals surface area contributed by atoms with E-state index in [1.54, 1.807) is 16.8 Å². The van der Waals surface area contributed by atoms with Crippen LogP contribution in [-0.2, 0) is 9.84 Å². The minimum absolute atomic E-state index is 0.0410. The molecule has 2 aromatic rings. The van der Waals surface area contributed by atoms with Crippen molar-refractivity contribution in [2.45, 2.75) is 6.04 Å². The van der Waals surface area contributed by atoms with Gasteiger partial charge in [-0.15, -0.1) is 0 Å². The first-order valence-corrected chi connectivity index (χ1v) is 7.44. The molecule has 3 heterocycles. The lowest BCUT2D eigenvalue weighted by molar-refractivity contribution is 0.525. The first kappa shape index (κ1) is 11.6. The molecule has 0 aromatic carbocycles. The summed E-state index contributed by atoms with van der Waals surface area (Å²) in [5.41, 5.74) is 1.11. The van der Waals surface area contributed by atoms with E-state index in [0.717, 1.165) is 0 Å². The predicted octanol–water partition coefficient (Wildman–Crippen LogP) is 0.532. The fourth-order valence-corrected chi connectivity index (χ4v) is 3.51. The van der Waals surface area contributed by atoms with Crippen molar-refractivity contribution in [3.63, 3.8) is 0 Å². The second kappa shape index (κ2) is 4.03. The van der Waals surface area contributed by atoms with Crippen LogP contribution in [0.15, 0.2) is 24.5 Å². The molecule has 1 aliphatic heterocycles. The number of hydrogen-bond donors (Lipinski definition) is 1. The van der Waals surface area contributed by atoms with Crippen molar-refractivity contribution in [1.82, 2.24) is 14.7 Å². The number of pyridine rings is 1. The summed E-state index contributed by atoms with van der Waals surface area (Å²) < 4.78 is 37.9. The highest BCUT2D eigenvalue weighted by atomic mass is 32.2. The van der Waals surface area contributed by atoms with Gasteiger partial charge in [-0.3, -0.25) is 0 Å². The molecule has 1 atom stereocenters. The van der Waals surface area contributed by atoms with Crippen molar-refractivity contribution in [3.8, 4) is 0 Å². The van der Waals surface area contributed by atoms with Crippen LogP contribution in [0.4, 0.5) is 4.39 Å². The van der Waals surface area contributed by atoms with Gasteiger partial charge in [-0.1, -0.05) is 0 Å². The first-order valence-electron chi connectivity index (χ1n) is 5.61. The molecule has 0 amide bonds. The number of nitrogens with one attached hydrogen (secondary N) is 1. The van der Waals surface area contributed by atoms with E-state index >= 15 is 0 Å². The van der Waals surface area contributed by atoms with E-state index in [2.05, 4.69) is 10.3 Å². The van der Waals surface area contributed by atoms with Gasteiger partial charge in [-0.2, -0.15) is 0 Å². The third kappa shape index (κ3) is 2.11. The zero-order valence-corrected chi connectivity index (χ0v) is 10.3. The van der Waals surface area contributed by atoms with Crippen molar-refractivity contribution in [1.29, 1.82) is 0 Å². The van der Waals surface area contributed by atoms with Crippen molar-refractivity contribution in [2.75, 3.05) is 18.1 Å². The van der Waals surface area contributed by atoms with Gasteiger partial charge in [0.25, 0.3) is 0 Å². The van der Waals surface area contributed by atoms with Crippen LogP contribution < -0.4 is 5.32 Å². The molecule has 0 bridgehead atoms. The van der Waals surface area contributed by atoms with Crippen LogP contribution in [0.25, 0.3) is 5.65 Å². The summed E-state index contributed by atoms with van der Waals surface area (Å²) in [6.45, 7) is 0.426. The van der Waals surface area contributed by atoms with Gasteiger partial charge in [0.05, 0.1) is 23.2 Å². The van der Waals surface area contributed by atoms with Gasteiger partial charge in [-0.05, 0) is 6.07 Å². The zero-order valence-electron chi connectivity index (χ0n) is 9.51. The number of rotatable bonds is 1. The summed E-state index contributed by atoms with van der Waals surface area (Å²) in [5, 5.41) is 3.12. The molecule has 18 heavy (non-hydrogen) atoms. The summed E-state index contributed by atoms with van der Waals surface area (Å²) in [6.07, 6.45) is 3.30. The van der Waals surface area contributed by atoms with E-state index in [0.29, 0.717) is 17.9 Å². The standard InChI is InChI=1S/C11H12FN3O2S/c12-8-1-3-15-6-9(14-11(15)5-8)10-7-18(16,17)4-2-13-10/h1,3,5-6,10,13H,2,4,7H2.